The minimum atomic E-state index is -0.983. The molecule has 0 radical (unpaired) electrons. The second-order valence-corrected chi connectivity index (χ2v) is 8.78. The highest BCUT2D eigenvalue weighted by molar-refractivity contribution is 5.98. The monoisotopic (exact) mass is 457 g/mol. The zero-order valence-electron chi connectivity index (χ0n) is 20.4. The summed E-state index contributed by atoms with van der Waals surface area (Å²) >= 11 is 0. The SMILES string of the molecule is CCCCCCCCC=CCCCCCCCC(=O)Nc1ccc(C(=O)CCC(=O)O)cc1. The van der Waals surface area contributed by atoms with Gasteiger partial charge in [-0.25, -0.2) is 0 Å². The number of rotatable bonds is 20. The summed E-state index contributed by atoms with van der Waals surface area (Å²) < 4.78 is 0. The van der Waals surface area contributed by atoms with Crippen LogP contribution in [0, 0.1) is 0 Å². The molecule has 0 bridgehead atoms. The number of unbranched alkanes of at least 4 members (excludes halogenated alkanes) is 11. The van der Waals surface area contributed by atoms with Crippen LogP contribution in [-0.2, 0) is 9.59 Å². The smallest absolute Gasteiger partial charge is 0.303 e. The third kappa shape index (κ3) is 15.9. The lowest BCUT2D eigenvalue weighted by molar-refractivity contribution is -0.137. The quantitative estimate of drug-likeness (QED) is 0.119. The molecule has 2 N–H and O–H groups in total. The fourth-order valence-corrected chi connectivity index (χ4v) is 3.68. The first kappa shape index (κ1) is 28.6. The van der Waals surface area contributed by atoms with Crippen LogP contribution >= 0.6 is 0 Å². The molecule has 0 atom stereocenters. The van der Waals surface area contributed by atoms with Gasteiger partial charge in [0.1, 0.15) is 0 Å². The van der Waals surface area contributed by atoms with E-state index in [1.165, 1.54) is 57.8 Å². The number of hydrogen-bond donors (Lipinski definition) is 2. The molecular formula is C28H43NO4. The van der Waals surface area contributed by atoms with Crippen LogP contribution in [0.25, 0.3) is 0 Å². The summed E-state index contributed by atoms with van der Waals surface area (Å²) in [5, 5.41) is 11.5. The normalized spacial score (nSPS) is 11.1. The van der Waals surface area contributed by atoms with Crippen molar-refractivity contribution in [1.82, 2.24) is 0 Å². The maximum atomic E-state index is 12.1. The van der Waals surface area contributed by atoms with E-state index in [1.807, 2.05) is 0 Å². The fourth-order valence-electron chi connectivity index (χ4n) is 3.68. The number of nitrogens with one attached hydrogen (secondary N) is 1. The van der Waals surface area contributed by atoms with Gasteiger partial charge >= 0.3 is 5.97 Å². The number of amides is 1. The number of anilines is 1. The van der Waals surface area contributed by atoms with Crippen LogP contribution in [0.1, 0.15) is 120 Å². The first-order valence-electron chi connectivity index (χ1n) is 12.8. The number of ketones is 1. The van der Waals surface area contributed by atoms with E-state index in [9.17, 15) is 14.4 Å². The van der Waals surface area contributed by atoms with Gasteiger partial charge in [-0.15, -0.1) is 0 Å². The van der Waals surface area contributed by atoms with Crippen molar-refractivity contribution in [3.8, 4) is 0 Å². The molecule has 0 heterocycles. The van der Waals surface area contributed by atoms with Crippen molar-refractivity contribution in [3.05, 3.63) is 42.0 Å². The average Bonchev–Trinajstić information content (AvgIpc) is 2.80. The molecule has 0 saturated heterocycles. The van der Waals surface area contributed by atoms with Crippen LogP contribution in [0.15, 0.2) is 36.4 Å². The highest BCUT2D eigenvalue weighted by atomic mass is 16.4. The van der Waals surface area contributed by atoms with E-state index in [2.05, 4.69) is 24.4 Å². The molecule has 1 aromatic rings. The van der Waals surface area contributed by atoms with Crippen LogP contribution in [0.4, 0.5) is 5.69 Å². The van der Waals surface area contributed by atoms with E-state index in [1.54, 1.807) is 24.3 Å². The third-order valence-corrected chi connectivity index (χ3v) is 5.72. The Morgan fingerprint density at radius 1 is 0.727 bits per heavy atom. The largest absolute Gasteiger partial charge is 0.481 e. The van der Waals surface area contributed by atoms with Gasteiger partial charge in [0.05, 0.1) is 6.42 Å². The molecular weight excluding hydrogens is 414 g/mol. The Kier molecular flexibility index (Phi) is 16.5. The lowest BCUT2D eigenvalue weighted by Gasteiger charge is -2.06. The fraction of sp³-hybridized carbons (Fsp3) is 0.607. The number of carbonyl (C=O) groups is 3. The maximum absolute atomic E-state index is 12.1. The highest BCUT2D eigenvalue weighted by Crippen LogP contribution is 2.14. The standard InChI is InChI=1S/C28H43NO4/c1-2-3-4-5-6-7-8-9-10-11-12-13-14-15-16-17-27(31)29-25-20-18-24(19-21-25)26(30)22-23-28(32)33/h9-10,18-21H,2-8,11-17,22-23H2,1H3,(H,29,31)(H,32,33). The van der Waals surface area contributed by atoms with E-state index in [-0.39, 0.29) is 24.5 Å². The van der Waals surface area contributed by atoms with E-state index in [4.69, 9.17) is 5.11 Å². The molecule has 5 nitrogen and oxygen atoms in total. The van der Waals surface area contributed by atoms with E-state index < -0.39 is 5.97 Å². The van der Waals surface area contributed by atoms with Gasteiger partial charge in [0.15, 0.2) is 5.78 Å². The van der Waals surface area contributed by atoms with Crippen molar-refractivity contribution >= 4 is 23.3 Å². The number of carboxylic acids is 1. The lowest BCUT2D eigenvalue weighted by Crippen LogP contribution is -2.11. The second kappa shape index (κ2) is 19.1. The second-order valence-electron chi connectivity index (χ2n) is 8.78. The Bertz CT molecular complexity index is 709. The topological polar surface area (TPSA) is 83.5 Å². The summed E-state index contributed by atoms with van der Waals surface area (Å²) in [6, 6.07) is 6.63. The number of carbonyl (C=O) groups excluding carboxylic acids is 2. The first-order valence-corrected chi connectivity index (χ1v) is 12.8. The Balaban J connectivity index is 2.02. The Labute approximate surface area is 200 Å². The molecule has 33 heavy (non-hydrogen) atoms. The van der Waals surface area contributed by atoms with Crippen molar-refractivity contribution in [2.45, 2.75) is 110 Å². The molecule has 5 heteroatoms. The number of benzene rings is 1. The molecule has 0 saturated carbocycles. The van der Waals surface area contributed by atoms with Gasteiger partial charge < -0.3 is 10.4 Å². The van der Waals surface area contributed by atoms with Gasteiger partial charge in [0.2, 0.25) is 5.91 Å². The van der Waals surface area contributed by atoms with Crippen LogP contribution in [0.5, 0.6) is 0 Å². The predicted octanol–water partition coefficient (Wildman–Crippen LogP) is 7.71. The van der Waals surface area contributed by atoms with Crippen LogP contribution < -0.4 is 5.32 Å². The molecule has 0 aromatic heterocycles. The van der Waals surface area contributed by atoms with E-state index in [0.717, 1.165) is 25.7 Å². The summed E-state index contributed by atoms with van der Waals surface area (Å²) in [5.74, 6) is -1.20. The maximum Gasteiger partial charge on any atom is 0.303 e. The minimum Gasteiger partial charge on any atom is -0.481 e. The molecule has 184 valence electrons. The molecule has 0 fully saturated rings. The molecule has 1 rings (SSSR count). The summed E-state index contributed by atoms with van der Waals surface area (Å²) in [4.78, 5) is 34.5. The summed E-state index contributed by atoms with van der Waals surface area (Å²) in [7, 11) is 0. The number of hydrogen-bond acceptors (Lipinski definition) is 3. The predicted molar refractivity (Wildman–Crippen MR) is 136 cm³/mol. The minimum absolute atomic E-state index is 0.0161. The van der Waals surface area contributed by atoms with Gasteiger partial charge in [-0.2, -0.15) is 0 Å². The number of aliphatic carboxylic acids is 1. The first-order chi connectivity index (χ1) is 16.0. The number of allylic oxidation sites excluding steroid dienone is 2. The van der Waals surface area contributed by atoms with Gasteiger partial charge in [-0.3, -0.25) is 14.4 Å². The Morgan fingerprint density at radius 2 is 1.27 bits per heavy atom. The Hall–Kier alpha value is -2.43. The van der Waals surface area contributed by atoms with E-state index in [0.29, 0.717) is 17.7 Å². The lowest BCUT2D eigenvalue weighted by atomic mass is 10.1. The van der Waals surface area contributed by atoms with Crippen molar-refractivity contribution in [2.24, 2.45) is 0 Å². The molecule has 0 aliphatic heterocycles. The van der Waals surface area contributed by atoms with Crippen LogP contribution in [-0.4, -0.2) is 22.8 Å². The Morgan fingerprint density at radius 3 is 1.85 bits per heavy atom. The van der Waals surface area contributed by atoms with Gasteiger partial charge in [-0.1, -0.05) is 70.4 Å². The van der Waals surface area contributed by atoms with Crippen molar-refractivity contribution in [2.75, 3.05) is 5.32 Å². The molecule has 0 aliphatic rings. The zero-order valence-corrected chi connectivity index (χ0v) is 20.4. The number of carboxylic acid groups (broad SMARTS) is 1. The molecule has 0 spiro atoms. The van der Waals surface area contributed by atoms with Gasteiger partial charge in [-0.05, 0) is 56.4 Å². The highest BCUT2D eigenvalue weighted by Gasteiger charge is 2.09. The van der Waals surface area contributed by atoms with Crippen molar-refractivity contribution in [3.63, 3.8) is 0 Å². The molecule has 1 amide bonds. The number of Topliss-reactive ketones (excluding diaryl/α,β-unsaturated/α-hetero) is 1. The molecule has 0 unspecified atom stereocenters. The van der Waals surface area contributed by atoms with E-state index >= 15 is 0 Å². The molecule has 0 aliphatic carbocycles. The van der Waals surface area contributed by atoms with Crippen LogP contribution in [0.2, 0.25) is 0 Å². The van der Waals surface area contributed by atoms with Gasteiger partial charge in [0, 0.05) is 24.1 Å². The summed E-state index contributed by atoms with van der Waals surface area (Å²) in [6.07, 6.45) is 21.0. The summed E-state index contributed by atoms with van der Waals surface area (Å²) in [6.45, 7) is 2.25. The zero-order chi connectivity index (χ0) is 24.2. The van der Waals surface area contributed by atoms with Crippen molar-refractivity contribution in [1.29, 1.82) is 0 Å². The molecule has 1 aromatic carbocycles. The third-order valence-electron chi connectivity index (χ3n) is 5.72. The van der Waals surface area contributed by atoms with Crippen LogP contribution in [0.3, 0.4) is 0 Å². The van der Waals surface area contributed by atoms with Gasteiger partial charge in [0.25, 0.3) is 0 Å². The summed E-state index contributed by atoms with van der Waals surface area (Å²) in [5.41, 5.74) is 1.12. The van der Waals surface area contributed by atoms with Crippen molar-refractivity contribution < 1.29 is 19.5 Å². The average molecular weight is 458 g/mol.